The minimum atomic E-state index is -0.747. The van der Waals surface area contributed by atoms with Gasteiger partial charge in [0.15, 0.2) is 0 Å². The third-order valence-electron chi connectivity index (χ3n) is 4.57. The molecule has 0 radical (unpaired) electrons. The summed E-state index contributed by atoms with van der Waals surface area (Å²) in [6.07, 6.45) is 2.68. The minimum absolute atomic E-state index is 0.131. The molecule has 136 valence electrons. The lowest BCUT2D eigenvalue weighted by Gasteiger charge is -2.18. The second-order valence-electron chi connectivity index (χ2n) is 6.57. The van der Waals surface area contributed by atoms with Crippen LogP contribution in [-0.4, -0.2) is 26.9 Å². The van der Waals surface area contributed by atoms with Crippen LogP contribution in [0.5, 0.6) is 0 Å². The standard InChI is InChI=1S/C20H29N3O2/c1-4-12-23-16(3)19(15(2)22-23)14-21-18(10-11-20(24)25)13-17-8-6-5-7-9-17/h5-9,18,21H,4,10-14H2,1-3H3,(H,24,25). The predicted octanol–water partition coefficient (Wildman–Crippen LogP) is 3.48. The van der Waals surface area contributed by atoms with Gasteiger partial charge in [0.2, 0.25) is 0 Å². The van der Waals surface area contributed by atoms with Crippen LogP contribution in [0.15, 0.2) is 30.3 Å². The maximum absolute atomic E-state index is 11.0. The summed E-state index contributed by atoms with van der Waals surface area (Å²) in [6, 6.07) is 10.3. The first kappa shape index (κ1) is 19.2. The molecule has 1 aromatic heterocycles. The molecule has 1 aromatic carbocycles. The highest BCUT2D eigenvalue weighted by Crippen LogP contribution is 2.15. The Hall–Kier alpha value is -2.14. The molecule has 5 heteroatoms. The average Bonchev–Trinajstić information content (AvgIpc) is 2.85. The molecule has 5 nitrogen and oxygen atoms in total. The first-order valence-corrected chi connectivity index (χ1v) is 9.03. The van der Waals surface area contributed by atoms with Crippen molar-refractivity contribution in [3.05, 3.63) is 52.8 Å². The Bertz CT molecular complexity index is 680. The molecule has 25 heavy (non-hydrogen) atoms. The van der Waals surface area contributed by atoms with Gasteiger partial charge in [-0.1, -0.05) is 37.3 Å². The molecule has 0 aliphatic rings. The second kappa shape index (κ2) is 9.37. The van der Waals surface area contributed by atoms with E-state index in [4.69, 9.17) is 5.11 Å². The van der Waals surface area contributed by atoms with E-state index in [9.17, 15) is 4.79 Å². The summed E-state index contributed by atoms with van der Waals surface area (Å²) in [4.78, 5) is 11.0. The van der Waals surface area contributed by atoms with Crippen LogP contribution in [0.25, 0.3) is 0 Å². The highest BCUT2D eigenvalue weighted by Gasteiger charge is 2.15. The zero-order valence-corrected chi connectivity index (χ0v) is 15.5. The second-order valence-corrected chi connectivity index (χ2v) is 6.57. The summed E-state index contributed by atoms with van der Waals surface area (Å²) >= 11 is 0. The predicted molar refractivity (Wildman–Crippen MR) is 99.6 cm³/mol. The van der Waals surface area contributed by atoms with Crippen LogP contribution in [0.4, 0.5) is 0 Å². The van der Waals surface area contributed by atoms with Crippen LogP contribution in [0.2, 0.25) is 0 Å². The first-order chi connectivity index (χ1) is 12.0. The topological polar surface area (TPSA) is 67.2 Å². The molecule has 0 bridgehead atoms. The number of nitrogens with one attached hydrogen (secondary N) is 1. The quantitative estimate of drug-likeness (QED) is 0.693. The van der Waals surface area contributed by atoms with Crippen molar-refractivity contribution in [3.8, 4) is 0 Å². The van der Waals surface area contributed by atoms with Gasteiger partial charge in [0.25, 0.3) is 0 Å². The van der Waals surface area contributed by atoms with Gasteiger partial charge < -0.3 is 10.4 Å². The van der Waals surface area contributed by atoms with E-state index in [0.717, 1.165) is 31.6 Å². The zero-order chi connectivity index (χ0) is 18.2. The largest absolute Gasteiger partial charge is 0.481 e. The lowest BCUT2D eigenvalue weighted by Crippen LogP contribution is -2.31. The molecule has 2 N–H and O–H groups in total. The van der Waals surface area contributed by atoms with Crippen molar-refractivity contribution in [1.82, 2.24) is 15.1 Å². The highest BCUT2D eigenvalue weighted by atomic mass is 16.4. The van der Waals surface area contributed by atoms with E-state index in [1.54, 1.807) is 0 Å². The van der Waals surface area contributed by atoms with Gasteiger partial charge in [-0.2, -0.15) is 5.10 Å². The number of aromatic nitrogens is 2. The SMILES string of the molecule is CCCn1nc(C)c(CNC(CCC(=O)O)Cc2ccccc2)c1C. The fourth-order valence-electron chi connectivity index (χ4n) is 3.14. The summed E-state index contributed by atoms with van der Waals surface area (Å²) in [5.41, 5.74) is 4.70. The molecular weight excluding hydrogens is 314 g/mol. The van der Waals surface area contributed by atoms with Gasteiger partial charge in [0.05, 0.1) is 5.69 Å². The van der Waals surface area contributed by atoms with E-state index < -0.39 is 5.97 Å². The Kier molecular flexibility index (Phi) is 7.19. The minimum Gasteiger partial charge on any atom is -0.481 e. The van der Waals surface area contributed by atoms with Crippen molar-refractivity contribution in [3.63, 3.8) is 0 Å². The molecule has 2 aromatic rings. The number of aliphatic carboxylic acids is 1. The van der Waals surface area contributed by atoms with Gasteiger partial charge in [-0.3, -0.25) is 9.48 Å². The Morgan fingerprint density at radius 1 is 1.28 bits per heavy atom. The van der Waals surface area contributed by atoms with Crippen LogP contribution in [-0.2, 0) is 24.3 Å². The van der Waals surface area contributed by atoms with Gasteiger partial charge in [-0.05, 0) is 38.7 Å². The van der Waals surface area contributed by atoms with Crippen molar-refractivity contribution in [2.45, 2.75) is 65.6 Å². The number of carbonyl (C=O) groups is 1. The molecule has 0 fully saturated rings. The maximum atomic E-state index is 11.0. The van der Waals surface area contributed by atoms with Crippen LogP contribution < -0.4 is 5.32 Å². The highest BCUT2D eigenvalue weighted by molar-refractivity contribution is 5.66. The van der Waals surface area contributed by atoms with E-state index in [2.05, 4.69) is 41.1 Å². The average molecular weight is 343 g/mol. The smallest absolute Gasteiger partial charge is 0.303 e. The summed E-state index contributed by atoms with van der Waals surface area (Å²) in [5, 5.41) is 17.2. The number of benzene rings is 1. The lowest BCUT2D eigenvalue weighted by atomic mass is 10.0. The Balaban J connectivity index is 2.04. The molecule has 0 saturated carbocycles. The van der Waals surface area contributed by atoms with Crippen LogP contribution in [0.3, 0.4) is 0 Å². The lowest BCUT2D eigenvalue weighted by molar-refractivity contribution is -0.137. The molecular formula is C20H29N3O2. The van der Waals surface area contributed by atoms with E-state index in [-0.39, 0.29) is 12.5 Å². The van der Waals surface area contributed by atoms with Gasteiger partial charge in [0.1, 0.15) is 0 Å². The molecule has 0 aliphatic heterocycles. The van der Waals surface area contributed by atoms with Gasteiger partial charge >= 0.3 is 5.97 Å². The Labute approximate surface area is 150 Å². The number of rotatable bonds is 10. The van der Waals surface area contributed by atoms with E-state index >= 15 is 0 Å². The monoisotopic (exact) mass is 343 g/mol. The van der Waals surface area contributed by atoms with Gasteiger partial charge in [0, 0.05) is 36.8 Å². The fourth-order valence-corrected chi connectivity index (χ4v) is 3.14. The van der Waals surface area contributed by atoms with Crippen molar-refractivity contribution in [1.29, 1.82) is 0 Å². The van der Waals surface area contributed by atoms with Crippen LogP contribution >= 0.6 is 0 Å². The number of hydrogen-bond acceptors (Lipinski definition) is 3. The normalized spacial score (nSPS) is 12.3. The van der Waals surface area contributed by atoms with E-state index in [0.29, 0.717) is 6.42 Å². The van der Waals surface area contributed by atoms with Crippen LogP contribution in [0, 0.1) is 13.8 Å². The molecule has 0 amide bonds. The summed E-state index contributed by atoms with van der Waals surface area (Å²) in [6.45, 7) is 7.95. The summed E-state index contributed by atoms with van der Waals surface area (Å²) in [7, 11) is 0. The molecule has 0 saturated heterocycles. The third kappa shape index (κ3) is 5.71. The number of carboxylic acids is 1. The number of nitrogens with zero attached hydrogens (tertiary/aromatic N) is 2. The molecule has 1 unspecified atom stereocenters. The molecule has 0 spiro atoms. The molecule has 1 atom stereocenters. The number of aryl methyl sites for hydroxylation is 2. The van der Waals surface area contributed by atoms with E-state index in [1.165, 1.54) is 16.8 Å². The van der Waals surface area contributed by atoms with Crippen molar-refractivity contribution in [2.75, 3.05) is 0 Å². The molecule has 1 heterocycles. The molecule has 2 rings (SSSR count). The van der Waals surface area contributed by atoms with Crippen LogP contribution in [0.1, 0.15) is 48.7 Å². The molecule has 0 aliphatic carbocycles. The summed E-state index contributed by atoms with van der Waals surface area (Å²) in [5.74, 6) is -0.747. The Morgan fingerprint density at radius 2 is 2.00 bits per heavy atom. The zero-order valence-electron chi connectivity index (χ0n) is 15.5. The van der Waals surface area contributed by atoms with Crippen molar-refractivity contribution in [2.24, 2.45) is 0 Å². The third-order valence-corrected chi connectivity index (χ3v) is 4.57. The maximum Gasteiger partial charge on any atom is 0.303 e. The number of carboxylic acid groups (broad SMARTS) is 1. The van der Waals surface area contributed by atoms with Crippen molar-refractivity contribution < 1.29 is 9.90 Å². The summed E-state index contributed by atoms with van der Waals surface area (Å²) < 4.78 is 2.07. The number of hydrogen-bond donors (Lipinski definition) is 2. The van der Waals surface area contributed by atoms with E-state index in [1.807, 2.05) is 25.1 Å². The van der Waals surface area contributed by atoms with Crippen molar-refractivity contribution >= 4 is 5.97 Å². The van der Waals surface area contributed by atoms with Gasteiger partial charge in [-0.15, -0.1) is 0 Å². The fraction of sp³-hybridized carbons (Fsp3) is 0.500. The van der Waals surface area contributed by atoms with Gasteiger partial charge in [-0.25, -0.2) is 0 Å². The first-order valence-electron chi connectivity index (χ1n) is 9.03. The Morgan fingerprint density at radius 3 is 2.64 bits per heavy atom.